The molecular formula is C27H35Cl2N5OS. The number of halogens is 2. The highest BCUT2D eigenvalue weighted by atomic mass is 35.5. The summed E-state index contributed by atoms with van der Waals surface area (Å²) in [6.45, 7) is 7.37. The van der Waals surface area contributed by atoms with E-state index in [1.165, 1.54) is 5.56 Å². The van der Waals surface area contributed by atoms with E-state index >= 15 is 0 Å². The van der Waals surface area contributed by atoms with E-state index in [2.05, 4.69) is 72.5 Å². The Labute approximate surface area is 229 Å². The summed E-state index contributed by atoms with van der Waals surface area (Å²) >= 11 is 1.76. The second kappa shape index (κ2) is 12.3. The highest BCUT2D eigenvalue weighted by molar-refractivity contribution is 7.16. The number of hydrogen-bond acceptors (Lipinski definition) is 7. The molecule has 5 rings (SSSR count). The van der Waals surface area contributed by atoms with E-state index in [9.17, 15) is 0 Å². The number of likely N-dealkylation sites (N-methyl/N-ethyl adjacent to an activating group) is 1. The third kappa shape index (κ3) is 5.80. The Kier molecular flexibility index (Phi) is 9.64. The Morgan fingerprint density at radius 1 is 1.14 bits per heavy atom. The number of aryl methyl sites for hydroxylation is 1. The number of rotatable bonds is 6. The summed E-state index contributed by atoms with van der Waals surface area (Å²) in [5.74, 6) is 1.30. The minimum absolute atomic E-state index is 0. The smallest absolute Gasteiger partial charge is 0.124 e. The second-order valence-corrected chi connectivity index (χ2v) is 10.5. The number of nitrogens with one attached hydrogen (secondary N) is 1. The molecule has 1 unspecified atom stereocenters. The van der Waals surface area contributed by atoms with Crippen molar-refractivity contribution in [3.63, 3.8) is 0 Å². The van der Waals surface area contributed by atoms with Crippen LogP contribution < -0.4 is 20.6 Å². The van der Waals surface area contributed by atoms with Gasteiger partial charge in [-0.2, -0.15) is 0 Å². The van der Waals surface area contributed by atoms with E-state index in [-0.39, 0.29) is 24.8 Å². The molecule has 1 atom stereocenters. The third-order valence-electron chi connectivity index (χ3n) is 6.80. The fourth-order valence-corrected chi connectivity index (χ4v) is 5.65. The highest BCUT2D eigenvalue weighted by Crippen LogP contribution is 2.35. The van der Waals surface area contributed by atoms with Crippen LogP contribution in [0.1, 0.15) is 42.5 Å². The molecule has 194 valence electrons. The molecule has 2 aliphatic rings. The van der Waals surface area contributed by atoms with Crippen LogP contribution in [0.2, 0.25) is 0 Å². The lowest BCUT2D eigenvalue weighted by molar-refractivity contribution is 0.127. The van der Waals surface area contributed by atoms with Crippen molar-refractivity contribution in [2.75, 3.05) is 39.1 Å². The van der Waals surface area contributed by atoms with E-state index in [1.807, 2.05) is 12.3 Å². The number of nitrogens with zero attached hydrogens (tertiary/aromatic N) is 4. The van der Waals surface area contributed by atoms with Gasteiger partial charge in [0.15, 0.2) is 0 Å². The molecule has 1 aromatic carbocycles. The first-order valence-corrected chi connectivity index (χ1v) is 12.9. The predicted molar refractivity (Wildman–Crippen MR) is 154 cm³/mol. The predicted octanol–water partition coefficient (Wildman–Crippen LogP) is 4.08. The van der Waals surface area contributed by atoms with Gasteiger partial charge in [-0.15, -0.1) is 36.2 Å². The number of hydrogen-bond donors (Lipinski definition) is 1. The molecule has 36 heavy (non-hydrogen) atoms. The largest absolute Gasteiger partial charge is 0.497 e. The Hall–Kier alpha value is -2.32. The quantitative estimate of drug-likeness (QED) is 0.501. The molecule has 2 aliphatic heterocycles. The molecule has 4 heterocycles. The lowest BCUT2D eigenvalue weighted by atomic mass is 10.0. The number of fused-ring (bicyclic) bond motifs is 2. The van der Waals surface area contributed by atoms with Gasteiger partial charge < -0.3 is 15.0 Å². The fourth-order valence-electron chi connectivity index (χ4n) is 4.72. The summed E-state index contributed by atoms with van der Waals surface area (Å²) in [6, 6.07) is 13.1. The molecule has 0 amide bonds. The molecule has 3 aromatic rings. The number of thiazole rings is 1. The van der Waals surface area contributed by atoms with Gasteiger partial charge in [0.1, 0.15) is 16.4 Å². The maximum atomic E-state index is 5.31. The molecule has 1 fully saturated rings. The maximum Gasteiger partial charge on any atom is 0.124 e. The zero-order valence-corrected chi connectivity index (χ0v) is 23.7. The number of pyridine rings is 1. The zero-order valence-electron chi connectivity index (χ0n) is 21.2. The van der Waals surface area contributed by atoms with Crippen molar-refractivity contribution in [2.45, 2.75) is 38.6 Å². The summed E-state index contributed by atoms with van der Waals surface area (Å²) in [4.78, 5) is 15.0. The van der Waals surface area contributed by atoms with Gasteiger partial charge in [0.05, 0.1) is 23.2 Å². The van der Waals surface area contributed by atoms with Crippen LogP contribution in [0, 0.1) is 0 Å². The number of piperazine rings is 1. The van der Waals surface area contributed by atoms with Crippen LogP contribution >= 0.6 is 36.2 Å². The van der Waals surface area contributed by atoms with Gasteiger partial charge in [-0.3, -0.25) is 9.88 Å². The fraction of sp³-hybridized carbons (Fsp3) is 0.407. The molecule has 0 spiro atoms. The van der Waals surface area contributed by atoms with Gasteiger partial charge in [-0.25, -0.2) is 4.98 Å². The van der Waals surface area contributed by atoms with Crippen LogP contribution in [-0.4, -0.2) is 59.6 Å². The second-order valence-electron chi connectivity index (χ2n) is 9.43. The molecule has 0 saturated carbocycles. The van der Waals surface area contributed by atoms with Crippen LogP contribution in [-0.2, 0) is 6.42 Å². The third-order valence-corrected chi connectivity index (χ3v) is 8.09. The molecular weight excluding hydrogens is 513 g/mol. The summed E-state index contributed by atoms with van der Waals surface area (Å²) in [6.07, 6.45) is 6.12. The summed E-state index contributed by atoms with van der Waals surface area (Å²) in [7, 11) is 3.96. The van der Waals surface area contributed by atoms with E-state index in [0.717, 1.165) is 70.2 Å². The molecule has 1 N–H and O–H groups in total. The molecule has 0 aliphatic carbocycles. The van der Waals surface area contributed by atoms with E-state index in [1.54, 1.807) is 18.4 Å². The Morgan fingerprint density at radius 2 is 1.92 bits per heavy atom. The average Bonchev–Trinajstić information content (AvgIpc) is 3.21. The molecule has 9 heteroatoms. The summed E-state index contributed by atoms with van der Waals surface area (Å²) in [5.41, 5.74) is 3.56. The van der Waals surface area contributed by atoms with Crippen molar-refractivity contribution in [3.05, 3.63) is 69.4 Å². The average molecular weight is 549 g/mol. The lowest BCUT2D eigenvalue weighted by Gasteiger charge is -2.41. The van der Waals surface area contributed by atoms with Crippen molar-refractivity contribution < 1.29 is 4.74 Å². The number of benzene rings is 1. The van der Waals surface area contributed by atoms with Crippen LogP contribution in [0.3, 0.4) is 0 Å². The van der Waals surface area contributed by atoms with Crippen LogP contribution in [0.25, 0.3) is 11.9 Å². The molecule has 1 saturated heterocycles. The topological polar surface area (TPSA) is 53.5 Å². The number of anilines is 1. The number of ether oxygens (including phenoxy) is 1. The van der Waals surface area contributed by atoms with Gasteiger partial charge >= 0.3 is 0 Å². The normalized spacial score (nSPS) is 17.1. The van der Waals surface area contributed by atoms with Crippen molar-refractivity contribution in [2.24, 2.45) is 0 Å². The Bertz CT molecular complexity index is 1280. The van der Waals surface area contributed by atoms with Gasteiger partial charge in [0, 0.05) is 49.2 Å². The van der Waals surface area contributed by atoms with E-state index in [4.69, 9.17) is 14.7 Å². The zero-order chi connectivity index (χ0) is 23.7. The number of aromatic nitrogens is 2. The Morgan fingerprint density at radius 3 is 2.64 bits per heavy atom. The van der Waals surface area contributed by atoms with Crippen molar-refractivity contribution in [1.29, 1.82) is 0 Å². The van der Waals surface area contributed by atoms with Crippen molar-refractivity contribution in [3.8, 4) is 5.75 Å². The van der Waals surface area contributed by atoms with Gasteiger partial charge in [-0.1, -0.05) is 26.0 Å². The van der Waals surface area contributed by atoms with Gasteiger partial charge in [-0.05, 0) is 49.7 Å². The van der Waals surface area contributed by atoms with Gasteiger partial charge in [0.25, 0.3) is 0 Å². The highest BCUT2D eigenvalue weighted by Gasteiger charge is 2.30. The number of methoxy groups -OCH3 is 1. The first-order chi connectivity index (χ1) is 16.5. The minimum atomic E-state index is 0. The van der Waals surface area contributed by atoms with Gasteiger partial charge in [0.2, 0.25) is 0 Å². The van der Waals surface area contributed by atoms with E-state index < -0.39 is 0 Å². The van der Waals surface area contributed by atoms with Crippen molar-refractivity contribution in [1.82, 2.24) is 19.8 Å². The minimum Gasteiger partial charge on any atom is -0.497 e. The van der Waals surface area contributed by atoms with Crippen LogP contribution in [0.5, 0.6) is 5.75 Å². The standard InChI is InChI=1S/C27H33N5OS.2ClH/c1-18(2)26-30-24-25(23-20(6-5-13-28-23)16-29-27(24)34-26)32-15-14-31(3)21(17-32)10-7-19-8-11-22(33-4)12-9-19;;/h5-6,8-9,11-13,16,18,21,29H,7,10,14-15,17H2,1-4H3;2*1H. The lowest BCUT2D eigenvalue weighted by Crippen LogP contribution is -2.52. The SMILES string of the molecule is COc1ccc(CCC2CN(C3=c4ncccc4=CNc4sc(C(C)C)nc43)CCN2C)cc1.Cl.Cl. The molecule has 2 aromatic heterocycles. The maximum absolute atomic E-state index is 5.31. The molecule has 0 bridgehead atoms. The summed E-state index contributed by atoms with van der Waals surface area (Å²) in [5, 5.41) is 7.94. The van der Waals surface area contributed by atoms with Crippen LogP contribution in [0.4, 0.5) is 5.00 Å². The first kappa shape index (κ1) is 28.3. The summed E-state index contributed by atoms with van der Waals surface area (Å²) < 4.78 is 5.31. The Balaban J connectivity index is 0.00000180. The van der Waals surface area contributed by atoms with Crippen molar-refractivity contribution >= 4 is 53.0 Å². The first-order valence-electron chi connectivity index (χ1n) is 12.0. The monoisotopic (exact) mass is 547 g/mol. The van der Waals surface area contributed by atoms with E-state index in [0.29, 0.717) is 12.0 Å². The molecule has 6 nitrogen and oxygen atoms in total. The molecule has 0 radical (unpaired) electrons. The van der Waals surface area contributed by atoms with Crippen LogP contribution in [0.15, 0.2) is 42.6 Å².